The quantitative estimate of drug-likeness (QED) is 0.872. The maximum Gasteiger partial charge on any atom is 0.206 e. The van der Waals surface area contributed by atoms with E-state index in [1.807, 2.05) is 0 Å². The van der Waals surface area contributed by atoms with Crippen LogP contribution in [0.25, 0.3) is 0 Å². The molecule has 15 heavy (non-hydrogen) atoms. The van der Waals surface area contributed by atoms with Gasteiger partial charge in [-0.25, -0.2) is 0 Å². The van der Waals surface area contributed by atoms with E-state index in [1.54, 1.807) is 11.8 Å². The molecule has 0 unspecified atom stereocenters. The van der Waals surface area contributed by atoms with Crippen LogP contribution in [0, 0.1) is 13.8 Å². The summed E-state index contributed by atoms with van der Waals surface area (Å²) in [5, 5.41) is 1.24. The van der Waals surface area contributed by atoms with E-state index in [0.717, 1.165) is 5.16 Å². The number of nitrogens with zero attached hydrogens (tertiary/aromatic N) is 2. The molecule has 78 valence electrons. The normalized spacial score (nSPS) is 10.5. The fraction of sp³-hybridized carbons (Fsp3) is 0.200. The number of aromatic nitrogens is 2. The van der Waals surface area contributed by atoms with E-state index in [9.17, 15) is 0 Å². The highest BCUT2D eigenvalue weighted by Crippen LogP contribution is 2.29. The summed E-state index contributed by atoms with van der Waals surface area (Å²) in [6.07, 6.45) is 0. The largest absolute Gasteiger partial charge is 0.374 e. The molecule has 2 N–H and O–H groups in total. The molecule has 0 radical (unpaired) electrons. The van der Waals surface area contributed by atoms with E-state index in [-0.39, 0.29) is 0 Å². The van der Waals surface area contributed by atoms with Gasteiger partial charge in [-0.15, -0.1) is 0 Å². The molecule has 2 aromatic rings. The Hall–Kier alpha value is -1.07. The molecule has 0 saturated carbocycles. The van der Waals surface area contributed by atoms with Crippen LogP contribution in [-0.2, 0) is 0 Å². The van der Waals surface area contributed by atoms with Crippen LogP contribution in [0.3, 0.4) is 0 Å². The first kappa shape index (κ1) is 10.4. The van der Waals surface area contributed by atoms with E-state index >= 15 is 0 Å². The molecule has 3 nitrogen and oxygen atoms in total. The van der Waals surface area contributed by atoms with Crippen LogP contribution in [0.4, 0.5) is 5.13 Å². The number of rotatable bonds is 2. The topological polar surface area (TPSA) is 51.8 Å². The lowest BCUT2D eigenvalue weighted by atomic mass is 10.2. The molecule has 1 aromatic heterocycles. The third kappa shape index (κ3) is 2.49. The number of nitrogens with two attached hydrogens (primary N) is 1. The Morgan fingerprint density at radius 3 is 2.73 bits per heavy atom. The average molecular weight is 237 g/mol. The number of hydrogen-bond acceptors (Lipinski definition) is 5. The minimum absolute atomic E-state index is 0.516. The fourth-order valence-electron chi connectivity index (χ4n) is 1.27. The van der Waals surface area contributed by atoms with Gasteiger partial charge in [0.25, 0.3) is 0 Å². The van der Waals surface area contributed by atoms with Crippen molar-refractivity contribution in [3.63, 3.8) is 0 Å². The van der Waals surface area contributed by atoms with Crippen molar-refractivity contribution in [2.24, 2.45) is 0 Å². The second-order valence-corrected chi connectivity index (χ2v) is 5.08. The number of benzene rings is 1. The first-order valence-electron chi connectivity index (χ1n) is 4.49. The number of anilines is 1. The van der Waals surface area contributed by atoms with Crippen LogP contribution in [0.5, 0.6) is 0 Å². The Labute approximate surface area is 96.9 Å². The molecule has 0 fully saturated rings. The lowest BCUT2D eigenvalue weighted by molar-refractivity contribution is 1.08. The molecule has 0 spiro atoms. The van der Waals surface area contributed by atoms with Gasteiger partial charge in [0.15, 0.2) is 0 Å². The van der Waals surface area contributed by atoms with Gasteiger partial charge >= 0.3 is 0 Å². The van der Waals surface area contributed by atoms with Crippen molar-refractivity contribution in [2.75, 3.05) is 5.73 Å². The Morgan fingerprint density at radius 1 is 1.33 bits per heavy atom. The molecule has 0 saturated heterocycles. The SMILES string of the molecule is Cc1ccc(Sc2nsc(N)n2)c(C)c1. The zero-order chi connectivity index (χ0) is 10.8. The summed E-state index contributed by atoms with van der Waals surface area (Å²) in [5.41, 5.74) is 8.04. The van der Waals surface area contributed by atoms with Crippen LogP contribution in [0.2, 0.25) is 0 Å². The van der Waals surface area contributed by atoms with Gasteiger partial charge in [-0.2, -0.15) is 9.36 Å². The maximum absolute atomic E-state index is 5.53. The predicted octanol–water partition coefficient (Wildman–Crippen LogP) is 2.89. The summed E-state index contributed by atoms with van der Waals surface area (Å²) in [7, 11) is 0. The molecule has 1 heterocycles. The molecule has 5 heteroatoms. The van der Waals surface area contributed by atoms with Gasteiger partial charge in [0.2, 0.25) is 10.3 Å². The summed E-state index contributed by atoms with van der Waals surface area (Å²) in [4.78, 5) is 5.30. The van der Waals surface area contributed by atoms with Crippen LogP contribution >= 0.6 is 23.3 Å². The number of nitrogen functional groups attached to an aromatic ring is 1. The van der Waals surface area contributed by atoms with Gasteiger partial charge < -0.3 is 5.73 Å². The summed E-state index contributed by atoms with van der Waals surface area (Å²) >= 11 is 2.78. The van der Waals surface area contributed by atoms with Crippen molar-refractivity contribution >= 4 is 28.4 Å². The zero-order valence-electron chi connectivity index (χ0n) is 8.52. The standard InChI is InChI=1S/C10H11N3S2/c1-6-3-4-8(7(2)5-6)14-10-12-9(11)15-13-10/h3-5H,1-2H3,(H2,11,12,13). The highest BCUT2D eigenvalue weighted by molar-refractivity contribution is 7.99. The van der Waals surface area contributed by atoms with Gasteiger partial charge in [0, 0.05) is 16.4 Å². The van der Waals surface area contributed by atoms with Crippen LogP contribution in [0.15, 0.2) is 28.3 Å². The maximum atomic E-state index is 5.53. The van der Waals surface area contributed by atoms with Crippen molar-refractivity contribution in [1.82, 2.24) is 9.36 Å². The van der Waals surface area contributed by atoms with Crippen molar-refractivity contribution in [3.8, 4) is 0 Å². The predicted molar refractivity (Wildman–Crippen MR) is 64.4 cm³/mol. The first-order valence-corrected chi connectivity index (χ1v) is 6.08. The Morgan fingerprint density at radius 2 is 2.13 bits per heavy atom. The first-order chi connectivity index (χ1) is 7.15. The monoisotopic (exact) mass is 237 g/mol. The fourth-order valence-corrected chi connectivity index (χ4v) is 2.63. The molecule has 0 bridgehead atoms. The third-order valence-corrected chi connectivity index (χ3v) is 3.66. The molecule has 2 rings (SSSR count). The highest BCUT2D eigenvalue weighted by Gasteiger charge is 2.05. The van der Waals surface area contributed by atoms with E-state index in [1.165, 1.54) is 27.6 Å². The molecule has 1 aromatic carbocycles. The minimum Gasteiger partial charge on any atom is -0.374 e. The minimum atomic E-state index is 0.516. The lowest BCUT2D eigenvalue weighted by Gasteiger charge is -2.03. The Balaban J connectivity index is 2.24. The molecule has 0 amide bonds. The van der Waals surface area contributed by atoms with Gasteiger partial charge in [-0.1, -0.05) is 17.7 Å². The van der Waals surface area contributed by atoms with Crippen molar-refractivity contribution in [1.29, 1.82) is 0 Å². The van der Waals surface area contributed by atoms with E-state index in [0.29, 0.717) is 5.13 Å². The average Bonchev–Trinajstić information content (AvgIpc) is 2.56. The van der Waals surface area contributed by atoms with Crippen molar-refractivity contribution in [2.45, 2.75) is 23.9 Å². The summed E-state index contributed by atoms with van der Waals surface area (Å²) in [6, 6.07) is 6.33. The van der Waals surface area contributed by atoms with Gasteiger partial charge in [0.1, 0.15) is 0 Å². The van der Waals surface area contributed by atoms with Crippen molar-refractivity contribution in [3.05, 3.63) is 29.3 Å². The second kappa shape index (κ2) is 4.20. The molecule has 0 aliphatic rings. The van der Waals surface area contributed by atoms with E-state index < -0.39 is 0 Å². The highest BCUT2D eigenvalue weighted by atomic mass is 32.2. The third-order valence-electron chi connectivity index (χ3n) is 1.95. The Kier molecular flexibility index (Phi) is 2.93. The van der Waals surface area contributed by atoms with Gasteiger partial charge in [0.05, 0.1) is 0 Å². The Bertz CT molecular complexity index is 479. The smallest absolute Gasteiger partial charge is 0.206 e. The van der Waals surface area contributed by atoms with Crippen molar-refractivity contribution < 1.29 is 0 Å². The van der Waals surface area contributed by atoms with E-state index in [4.69, 9.17) is 5.73 Å². The summed E-state index contributed by atoms with van der Waals surface area (Å²) in [5.74, 6) is 0. The number of hydrogen-bond donors (Lipinski definition) is 1. The van der Waals surface area contributed by atoms with Gasteiger partial charge in [-0.3, -0.25) is 0 Å². The summed E-state index contributed by atoms with van der Waals surface area (Å²) < 4.78 is 4.14. The second-order valence-electron chi connectivity index (χ2n) is 3.29. The van der Waals surface area contributed by atoms with Gasteiger partial charge in [-0.05, 0) is 37.2 Å². The molecular formula is C10H11N3S2. The van der Waals surface area contributed by atoms with Crippen LogP contribution < -0.4 is 5.73 Å². The summed E-state index contributed by atoms with van der Waals surface area (Å²) in [6.45, 7) is 4.17. The molecule has 0 atom stereocenters. The van der Waals surface area contributed by atoms with E-state index in [2.05, 4.69) is 41.4 Å². The zero-order valence-corrected chi connectivity index (χ0v) is 10.2. The number of aryl methyl sites for hydroxylation is 2. The molecule has 0 aliphatic heterocycles. The van der Waals surface area contributed by atoms with Crippen LogP contribution in [-0.4, -0.2) is 9.36 Å². The lowest BCUT2D eigenvalue weighted by Crippen LogP contribution is -1.84. The van der Waals surface area contributed by atoms with Crippen LogP contribution in [0.1, 0.15) is 11.1 Å². The molecular weight excluding hydrogens is 226 g/mol. The molecule has 0 aliphatic carbocycles.